The van der Waals surface area contributed by atoms with E-state index in [-0.39, 0.29) is 40.2 Å². The number of rotatable bonds is 5. The van der Waals surface area contributed by atoms with Gasteiger partial charge in [0.1, 0.15) is 11.5 Å². The molecule has 4 rings (SSSR count). The fourth-order valence-electron chi connectivity index (χ4n) is 3.10. The third kappa shape index (κ3) is 4.30. The second-order valence-corrected chi connectivity index (χ2v) is 6.85. The summed E-state index contributed by atoms with van der Waals surface area (Å²) in [6.45, 7) is 0. The van der Waals surface area contributed by atoms with E-state index in [1.165, 1.54) is 31.4 Å². The number of phenolic OH excluding ortho intramolecular Hbond substituents is 2. The fraction of sp³-hybridized carbons (Fsp3) is 0.0435. The Balaban J connectivity index is 1.92. The first-order valence-corrected chi connectivity index (χ1v) is 9.58. The van der Waals surface area contributed by atoms with Crippen LogP contribution in [-0.4, -0.2) is 43.2 Å². The standard InChI is InChI=1S/C23H16N4O6/c1-33-23(30)14-8-6-13(7-9-14)20-24-21(16-4-2-3-5-18(16)28)26-22(25-20)17-12-15(27(31)32)10-11-19(17)29/h2-12,28-29H,1H3. The van der Waals surface area contributed by atoms with Crippen molar-refractivity contribution in [1.29, 1.82) is 0 Å². The minimum Gasteiger partial charge on any atom is -0.507 e. The summed E-state index contributed by atoms with van der Waals surface area (Å²) in [5.41, 5.74) is 0.909. The van der Waals surface area contributed by atoms with Crippen molar-refractivity contribution in [3.63, 3.8) is 0 Å². The van der Waals surface area contributed by atoms with E-state index >= 15 is 0 Å². The Morgan fingerprint density at radius 1 is 0.848 bits per heavy atom. The van der Waals surface area contributed by atoms with Crippen LogP contribution in [0.25, 0.3) is 34.2 Å². The first-order valence-electron chi connectivity index (χ1n) is 9.58. The number of phenols is 2. The van der Waals surface area contributed by atoms with E-state index in [0.29, 0.717) is 16.7 Å². The number of hydrogen-bond donors (Lipinski definition) is 2. The van der Waals surface area contributed by atoms with Gasteiger partial charge in [-0.25, -0.2) is 19.7 Å². The molecule has 0 aliphatic heterocycles. The van der Waals surface area contributed by atoms with Crippen LogP contribution < -0.4 is 0 Å². The number of nitro groups is 1. The first-order chi connectivity index (χ1) is 15.9. The molecule has 3 aromatic carbocycles. The molecule has 10 heteroatoms. The maximum Gasteiger partial charge on any atom is 0.337 e. The van der Waals surface area contributed by atoms with Gasteiger partial charge in [0.2, 0.25) is 0 Å². The number of nitro benzene ring substituents is 1. The molecule has 1 aromatic heterocycles. The van der Waals surface area contributed by atoms with Crippen molar-refractivity contribution < 1.29 is 24.7 Å². The summed E-state index contributed by atoms with van der Waals surface area (Å²) in [5.74, 6) is -0.616. The van der Waals surface area contributed by atoms with Gasteiger partial charge < -0.3 is 14.9 Å². The maximum absolute atomic E-state index is 11.7. The summed E-state index contributed by atoms with van der Waals surface area (Å²) in [4.78, 5) is 35.5. The van der Waals surface area contributed by atoms with Gasteiger partial charge in [0.15, 0.2) is 17.5 Å². The van der Waals surface area contributed by atoms with Crippen LogP contribution in [0, 0.1) is 10.1 Å². The fourth-order valence-corrected chi connectivity index (χ4v) is 3.10. The van der Waals surface area contributed by atoms with Gasteiger partial charge in [-0.2, -0.15) is 0 Å². The molecule has 164 valence electrons. The molecule has 0 saturated heterocycles. The van der Waals surface area contributed by atoms with E-state index in [0.717, 1.165) is 12.1 Å². The number of para-hydroxylation sites is 1. The van der Waals surface area contributed by atoms with Crippen molar-refractivity contribution in [1.82, 2.24) is 15.0 Å². The van der Waals surface area contributed by atoms with Crippen LogP contribution in [0.4, 0.5) is 5.69 Å². The Morgan fingerprint density at radius 3 is 2.09 bits per heavy atom. The highest BCUT2D eigenvalue weighted by atomic mass is 16.6. The minimum absolute atomic E-state index is 0.0238. The van der Waals surface area contributed by atoms with Gasteiger partial charge in [0.05, 0.1) is 28.7 Å². The number of non-ortho nitro benzene ring substituents is 1. The van der Waals surface area contributed by atoms with Gasteiger partial charge in [-0.05, 0) is 30.3 Å². The van der Waals surface area contributed by atoms with Crippen molar-refractivity contribution >= 4 is 11.7 Å². The molecule has 0 amide bonds. The predicted molar refractivity (Wildman–Crippen MR) is 117 cm³/mol. The van der Waals surface area contributed by atoms with Crippen molar-refractivity contribution in [2.24, 2.45) is 0 Å². The van der Waals surface area contributed by atoms with E-state index in [2.05, 4.69) is 15.0 Å². The Morgan fingerprint density at radius 2 is 1.45 bits per heavy atom. The molecule has 1 heterocycles. The second kappa shape index (κ2) is 8.71. The summed E-state index contributed by atoms with van der Waals surface area (Å²) < 4.78 is 4.70. The average molecular weight is 444 g/mol. The number of aromatic nitrogens is 3. The molecule has 0 spiro atoms. The smallest absolute Gasteiger partial charge is 0.337 e. The Labute approximate surface area is 187 Å². The van der Waals surface area contributed by atoms with Gasteiger partial charge in [-0.3, -0.25) is 10.1 Å². The number of benzene rings is 3. The summed E-state index contributed by atoms with van der Waals surface area (Å²) >= 11 is 0. The average Bonchev–Trinajstić information content (AvgIpc) is 2.83. The molecular formula is C23H16N4O6. The molecule has 0 unspecified atom stereocenters. The van der Waals surface area contributed by atoms with Gasteiger partial charge in [-0.1, -0.05) is 24.3 Å². The normalized spacial score (nSPS) is 10.6. The Bertz CT molecular complexity index is 1370. The predicted octanol–water partition coefficient (Wildman–Crippen LogP) is 3.98. The molecule has 10 nitrogen and oxygen atoms in total. The maximum atomic E-state index is 11.7. The molecule has 2 N–H and O–H groups in total. The van der Waals surface area contributed by atoms with Crippen LogP contribution in [0.15, 0.2) is 66.7 Å². The lowest BCUT2D eigenvalue weighted by molar-refractivity contribution is -0.384. The van der Waals surface area contributed by atoms with E-state index in [9.17, 15) is 25.1 Å². The minimum atomic E-state index is -0.597. The summed E-state index contributed by atoms with van der Waals surface area (Å²) in [6.07, 6.45) is 0. The van der Waals surface area contributed by atoms with Crippen molar-refractivity contribution in [2.75, 3.05) is 7.11 Å². The summed E-state index contributed by atoms with van der Waals surface area (Å²) in [5, 5.41) is 31.9. The van der Waals surface area contributed by atoms with E-state index in [1.807, 2.05) is 0 Å². The number of aromatic hydroxyl groups is 2. The summed E-state index contributed by atoms with van der Waals surface area (Å²) in [7, 11) is 1.28. The molecule has 0 aliphatic carbocycles. The Hall–Kier alpha value is -4.86. The van der Waals surface area contributed by atoms with Crippen LogP contribution >= 0.6 is 0 Å². The largest absolute Gasteiger partial charge is 0.507 e. The number of carbonyl (C=O) groups excluding carboxylic acids is 1. The van der Waals surface area contributed by atoms with Crippen LogP contribution in [-0.2, 0) is 4.74 Å². The number of methoxy groups -OCH3 is 1. The van der Waals surface area contributed by atoms with Gasteiger partial charge >= 0.3 is 5.97 Å². The quantitative estimate of drug-likeness (QED) is 0.265. The van der Waals surface area contributed by atoms with Crippen LogP contribution in [0.5, 0.6) is 11.5 Å². The van der Waals surface area contributed by atoms with Crippen LogP contribution in [0.1, 0.15) is 10.4 Å². The molecule has 0 bridgehead atoms. The van der Waals surface area contributed by atoms with Gasteiger partial charge in [0, 0.05) is 17.7 Å². The number of carbonyl (C=O) groups is 1. The molecule has 0 aliphatic rings. The molecule has 33 heavy (non-hydrogen) atoms. The topological polar surface area (TPSA) is 149 Å². The highest BCUT2D eigenvalue weighted by Crippen LogP contribution is 2.34. The van der Waals surface area contributed by atoms with Crippen molar-refractivity contribution in [2.45, 2.75) is 0 Å². The van der Waals surface area contributed by atoms with Crippen molar-refractivity contribution in [3.8, 4) is 45.7 Å². The van der Waals surface area contributed by atoms with Gasteiger partial charge in [-0.15, -0.1) is 0 Å². The number of hydrogen-bond acceptors (Lipinski definition) is 9. The SMILES string of the molecule is COC(=O)c1ccc(-c2nc(-c3ccccc3O)nc(-c3cc([N+](=O)[O-])ccc3O)n2)cc1. The van der Waals surface area contributed by atoms with E-state index in [1.54, 1.807) is 30.3 Å². The zero-order valence-corrected chi connectivity index (χ0v) is 17.2. The lowest BCUT2D eigenvalue weighted by Gasteiger charge is -2.10. The molecule has 4 aromatic rings. The Kier molecular flexibility index (Phi) is 5.64. The van der Waals surface area contributed by atoms with Crippen molar-refractivity contribution in [3.05, 3.63) is 82.4 Å². The number of ether oxygens (including phenoxy) is 1. The van der Waals surface area contributed by atoms with E-state index in [4.69, 9.17) is 4.74 Å². The highest BCUT2D eigenvalue weighted by Gasteiger charge is 2.19. The number of nitrogens with zero attached hydrogens (tertiary/aromatic N) is 4. The highest BCUT2D eigenvalue weighted by molar-refractivity contribution is 5.89. The zero-order chi connectivity index (χ0) is 23.5. The molecular weight excluding hydrogens is 428 g/mol. The third-order valence-electron chi connectivity index (χ3n) is 4.78. The summed E-state index contributed by atoms with van der Waals surface area (Å²) in [6, 6.07) is 16.2. The van der Waals surface area contributed by atoms with E-state index < -0.39 is 10.9 Å². The molecule has 0 radical (unpaired) electrons. The zero-order valence-electron chi connectivity index (χ0n) is 17.2. The van der Waals surface area contributed by atoms with Crippen LogP contribution in [0.2, 0.25) is 0 Å². The molecule has 0 atom stereocenters. The first kappa shape index (κ1) is 21.4. The molecule has 0 fully saturated rings. The van der Waals surface area contributed by atoms with Gasteiger partial charge in [0.25, 0.3) is 5.69 Å². The lowest BCUT2D eigenvalue weighted by Crippen LogP contribution is -2.02. The number of esters is 1. The monoisotopic (exact) mass is 444 g/mol. The third-order valence-corrected chi connectivity index (χ3v) is 4.78. The molecule has 0 saturated carbocycles. The van der Waals surface area contributed by atoms with Crippen LogP contribution in [0.3, 0.4) is 0 Å². The second-order valence-electron chi connectivity index (χ2n) is 6.85. The lowest BCUT2D eigenvalue weighted by atomic mass is 10.1.